The molecule has 0 aromatic heterocycles. The standard InChI is InChI=1S/C14H21N3O/c1-9(15)3-5-12(16-2)10-4-6-13-11(7-10)8-14(18)17-13/h4,6-7,9,12,16H,3,5,8,15H2,1-2H3,(H,17,18). The van der Waals surface area contributed by atoms with Crippen molar-refractivity contribution in [3.05, 3.63) is 29.3 Å². The van der Waals surface area contributed by atoms with Crippen molar-refractivity contribution in [3.8, 4) is 0 Å². The molecule has 4 N–H and O–H groups in total. The number of nitrogens with one attached hydrogen (secondary N) is 2. The first-order valence-electron chi connectivity index (χ1n) is 6.45. The molecular weight excluding hydrogens is 226 g/mol. The largest absolute Gasteiger partial charge is 0.328 e. The van der Waals surface area contributed by atoms with Gasteiger partial charge in [-0.05, 0) is 44.0 Å². The minimum Gasteiger partial charge on any atom is -0.328 e. The van der Waals surface area contributed by atoms with Gasteiger partial charge in [0.2, 0.25) is 5.91 Å². The Kier molecular flexibility index (Phi) is 3.99. The van der Waals surface area contributed by atoms with Crippen molar-refractivity contribution < 1.29 is 4.79 Å². The van der Waals surface area contributed by atoms with E-state index in [1.807, 2.05) is 20.0 Å². The molecule has 18 heavy (non-hydrogen) atoms. The molecule has 0 fully saturated rings. The Morgan fingerprint density at radius 3 is 2.89 bits per heavy atom. The van der Waals surface area contributed by atoms with Gasteiger partial charge in [-0.15, -0.1) is 0 Å². The number of benzene rings is 1. The average Bonchev–Trinajstić information content (AvgIpc) is 2.68. The number of amides is 1. The zero-order valence-corrected chi connectivity index (χ0v) is 11.0. The first-order valence-corrected chi connectivity index (χ1v) is 6.45. The maximum atomic E-state index is 11.3. The summed E-state index contributed by atoms with van der Waals surface area (Å²) >= 11 is 0. The van der Waals surface area contributed by atoms with Crippen molar-refractivity contribution in [2.75, 3.05) is 12.4 Å². The predicted octanol–water partition coefficient (Wildman–Crippen LogP) is 1.57. The highest BCUT2D eigenvalue weighted by Gasteiger charge is 2.19. The van der Waals surface area contributed by atoms with Gasteiger partial charge >= 0.3 is 0 Å². The highest BCUT2D eigenvalue weighted by molar-refractivity contribution is 5.99. The summed E-state index contributed by atoms with van der Waals surface area (Å²) < 4.78 is 0. The van der Waals surface area contributed by atoms with Crippen LogP contribution in [0.4, 0.5) is 5.69 Å². The second-order valence-electron chi connectivity index (χ2n) is 5.04. The van der Waals surface area contributed by atoms with Crippen molar-refractivity contribution in [3.63, 3.8) is 0 Å². The van der Waals surface area contributed by atoms with E-state index in [1.165, 1.54) is 5.56 Å². The molecule has 2 atom stereocenters. The summed E-state index contributed by atoms with van der Waals surface area (Å²) in [6, 6.07) is 6.71. The molecule has 1 aliphatic rings. The fourth-order valence-electron chi connectivity index (χ4n) is 2.37. The van der Waals surface area contributed by atoms with Crippen LogP contribution in [-0.2, 0) is 11.2 Å². The Bertz CT molecular complexity index is 443. The second kappa shape index (κ2) is 5.50. The molecule has 4 heteroatoms. The van der Waals surface area contributed by atoms with E-state index in [9.17, 15) is 4.79 Å². The molecule has 0 aliphatic carbocycles. The molecule has 1 amide bonds. The maximum absolute atomic E-state index is 11.3. The Morgan fingerprint density at radius 1 is 1.44 bits per heavy atom. The molecule has 0 bridgehead atoms. The predicted molar refractivity (Wildman–Crippen MR) is 73.5 cm³/mol. The number of carbonyl (C=O) groups is 1. The minimum atomic E-state index is 0.0822. The van der Waals surface area contributed by atoms with Crippen LogP contribution in [0.3, 0.4) is 0 Å². The molecule has 1 heterocycles. The zero-order valence-electron chi connectivity index (χ0n) is 11.0. The summed E-state index contributed by atoms with van der Waals surface area (Å²) in [7, 11) is 1.96. The van der Waals surface area contributed by atoms with Crippen molar-refractivity contribution >= 4 is 11.6 Å². The van der Waals surface area contributed by atoms with E-state index in [0.717, 1.165) is 24.1 Å². The molecule has 2 rings (SSSR count). The van der Waals surface area contributed by atoms with E-state index in [1.54, 1.807) is 0 Å². The Labute approximate surface area is 108 Å². The molecule has 1 aliphatic heterocycles. The van der Waals surface area contributed by atoms with Gasteiger partial charge in [-0.1, -0.05) is 12.1 Å². The van der Waals surface area contributed by atoms with Crippen LogP contribution in [0.25, 0.3) is 0 Å². The highest BCUT2D eigenvalue weighted by Crippen LogP contribution is 2.28. The van der Waals surface area contributed by atoms with Gasteiger partial charge in [0.25, 0.3) is 0 Å². The number of anilines is 1. The smallest absolute Gasteiger partial charge is 0.228 e. The Morgan fingerprint density at radius 2 is 2.22 bits per heavy atom. The highest BCUT2D eigenvalue weighted by atomic mass is 16.1. The molecule has 0 saturated carbocycles. The van der Waals surface area contributed by atoms with Crippen LogP contribution < -0.4 is 16.4 Å². The van der Waals surface area contributed by atoms with Crippen LogP contribution in [0.15, 0.2) is 18.2 Å². The SMILES string of the molecule is CNC(CCC(C)N)c1ccc2c(c1)CC(=O)N2. The van der Waals surface area contributed by atoms with E-state index in [2.05, 4.69) is 22.8 Å². The van der Waals surface area contributed by atoms with Gasteiger partial charge < -0.3 is 16.4 Å². The molecule has 2 unspecified atom stereocenters. The molecule has 0 saturated heterocycles. The van der Waals surface area contributed by atoms with Crippen LogP contribution in [0.2, 0.25) is 0 Å². The fraction of sp³-hybridized carbons (Fsp3) is 0.500. The van der Waals surface area contributed by atoms with E-state index in [4.69, 9.17) is 5.73 Å². The van der Waals surface area contributed by atoms with Gasteiger partial charge in [0.1, 0.15) is 0 Å². The number of carbonyl (C=O) groups excluding carboxylic acids is 1. The Hall–Kier alpha value is -1.39. The van der Waals surface area contributed by atoms with Crippen molar-refractivity contribution in [2.45, 2.75) is 38.3 Å². The number of hydrogen-bond acceptors (Lipinski definition) is 3. The van der Waals surface area contributed by atoms with Gasteiger partial charge in [-0.25, -0.2) is 0 Å². The maximum Gasteiger partial charge on any atom is 0.228 e. The Balaban J connectivity index is 2.12. The van der Waals surface area contributed by atoms with Gasteiger partial charge in [0.05, 0.1) is 6.42 Å². The van der Waals surface area contributed by atoms with Crippen molar-refractivity contribution in [1.29, 1.82) is 0 Å². The fourth-order valence-corrected chi connectivity index (χ4v) is 2.37. The lowest BCUT2D eigenvalue weighted by molar-refractivity contribution is -0.115. The summed E-state index contributed by atoms with van der Waals surface area (Å²) in [5.41, 5.74) is 9.08. The van der Waals surface area contributed by atoms with Crippen LogP contribution in [0, 0.1) is 0 Å². The average molecular weight is 247 g/mol. The molecular formula is C14H21N3O. The molecule has 0 spiro atoms. The monoisotopic (exact) mass is 247 g/mol. The molecule has 1 aromatic carbocycles. The van der Waals surface area contributed by atoms with Crippen molar-refractivity contribution in [1.82, 2.24) is 5.32 Å². The first kappa shape index (κ1) is 13.1. The van der Waals surface area contributed by atoms with Gasteiger partial charge in [0.15, 0.2) is 0 Å². The summed E-state index contributed by atoms with van der Waals surface area (Å²) in [6.07, 6.45) is 2.49. The lowest BCUT2D eigenvalue weighted by Crippen LogP contribution is -2.21. The summed E-state index contributed by atoms with van der Waals surface area (Å²) in [5, 5.41) is 6.17. The number of fused-ring (bicyclic) bond motifs is 1. The van der Waals surface area contributed by atoms with Crippen LogP contribution in [-0.4, -0.2) is 19.0 Å². The molecule has 4 nitrogen and oxygen atoms in total. The molecule has 1 aromatic rings. The topological polar surface area (TPSA) is 67.1 Å². The molecule has 0 radical (unpaired) electrons. The van der Waals surface area contributed by atoms with E-state index >= 15 is 0 Å². The normalized spacial score (nSPS) is 17.2. The lowest BCUT2D eigenvalue weighted by Gasteiger charge is -2.18. The van der Waals surface area contributed by atoms with Crippen LogP contribution >= 0.6 is 0 Å². The number of nitrogens with two attached hydrogens (primary N) is 1. The number of hydrogen-bond donors (Lipinski definition) is 3. The van der Waals surface area contributed by atoms with Crippen molar-refractivity contribution in [2.24, 2.45) is 5.73 Å². The van der Waals surface area contributed by atoms with Gasteiger partial charge in [-0.2, -0.15) is 0 Å². The second-order valence-corrected chi connectivity index (χ2v) is 5.04. The van der Waals surface area contributed by atoms with E-state index < -0.39 is 0 Å². The minimum absolute atomic E-state index is 0.0822. The summed E-state index contributed by atoms with van der Waals surface area (Å²) in [5.74, 6) is 0.0822. The summed E-state index contributed by atoms with van der Waals surface area (Å²) in [6.45, 7) is 2.03. The third kappa shape index (κ3) is 2.89. The molecule has 98 valence electrons. The third-order valence-corrected chi connectivity index (χ3v) is 3.42. The van der Waals surface area contributed by atoms with E-state index in [0.29, 0.717) is 12.5 Å². The van der Waals surface area contributed by atoms with Crippen LogP contribution in [0.1, 0.15) is 36.9 Å². The number of rotatable bonds is 5. The zero-order chi connectivity index (χ0) is 13.1. The summed E-state index contributed by atoms with van der Waals surface area (Å²) in [4.78, 5) is 11.3. The van der Waals surface area contributed by atoms with E-state index in [-0.39, 0.29) is 11.9 Å². The lowest BCUT2D eigenvalue weighted by atomic mass is 9.97. The van der Waals surface area contributed by atoms with Gasteiger partial charge in [-0.3, -0.25) is 4.79 Å². The first-order chi connectivity index (χ1) is 8.60. The third-order valence-electron chi connectivity index (χ3n) is 3.42. The van der Waals surface area contributed by atoms with Crippen LogP contribution in [0.5, 0.6) is 0 Å². The quantitative estimate of drug-likeness (QED) is 0.740. The van der Waals surface area contributed by atoms with Gasteiger partial charge in [0, 0.05) is 17.8 Å².